The highest BCUT2D eigenvalue weighted by Crippen LogP contribution is 2.38. The van der Waals surface area contributed by atoms with Crippen molar-refractivity contribution < 1.29 is 14.3 Å². The number of nitrogens with one attached hydrogen (secondary N) is 1. The first-order chi connectivity index (χ1) is 11.7. The number of halogens is 1. The molecule has 0 saturated heterocycles. The zero-order valence-electron chi connectivity index (χ0n) is 14.1. The summed E-state index contributed by atoms with van der Waals surface area (Å²) in [7, 11) is 0. The lowest BCUT2D eigenvalue weighted by molar-refractivity contribution is 0.0929. The smallest absolute Gasteiger partial charge is 0.267 e. The van der Waals surface area contributed by atoms with Crippen molar-refractivity contribution in [2.45, 2.75) is 39.3 Å². The summed E-state index contributed by atoms with van der Waals surface area (Å²) in [4.78, 5) is 12.6. The Kier molecular flexibility index (Phi) is 5.31. The quantitative estimate of drug-likeness (QED) is 0.776. The molecule has 0 saturated carbocycles. The van der Waals surface area contributed by atoms with Gasteiger partial charge in [-0.25, -0.2) is 0 Å². The Labute approximate surface area is 146 Å². The standard InChI is InChI=1S/C18H23ClN2O3/c1-3-12-11-21-15(18(22)20-8-5-9-23-4-2)10-13-14(19)6-7-16(24-12)17(13)21/h6-7,10,12H,3-5,8-9,11H2,1-2H3,(H,20,22)/t12-/m1/s1. The molecule has 2 heterocycles. The van der Waals surface area contributed by atoms with Gasteiger partial charge in [-0.15, -0.1) is 0 Å². The molecule has 1 aliphatic heterocycles. The van der Waals surface area contributed by atoms with Crippen LogP contribution in [0.3, 0.4) is 0 Å². The molecule has 130 valence electrons. The Morgan fingerprint density at radius 2 is 2.29 bits per heavy atom. The van der Waals surface area contributed by atoms with E-state index in [1.54, 1.807) is 0 Å². The molecule has 1 aromatic heterocycles. The second-order valence-corrected chi connectivity index (χ2v) is 6.31. The van der Waals surface area contributed by atoms with Crippen molar-refractivity contribution in [2.75, 3.05) is 19.8 Å². The van der Waals surface area contributed by atoms with E-state index in [1.807, 2.05) is 29.7 Å². The van der Waals surface area contributed by atoms with Crippen molar-refractivity contribution >= 4 is 28.4 Å². The van der Waals surface area contributed by atoms with Gasteiger partial charge in [-0.05, 0) is 38.0 Å². The third kappa shape index (κ3) is 3.23. The Hall–Kier alpha value is -1.72. The van der Waals surface area contributed by atoms with Crippen molar-refractivity contribution in [2.24, 2.45) is 0 Å². The van der Waals surface area contributed by atoms with Crippen LogP contribution in [0.1, 0.15) is 37.2 Å². The van der Waals surface area contributed by atoms with Gasteiger partial charge in [0.15, 0.2) is 0 Å². The van der Waals surface area contributed by atoms with Crippen LogP contribution in [0.25, 0.3) is 10.9 Å². The SMILES string of the molecule is CCOCCCNC(=O)c1cc2c(Cl)ccc3c2n1C[C@@H](CC)O3. The molecule has 0 aliphatic carbocycles. The molecule has 5 nitrogen and oxygen atoms in total. The van der Waals surface area contributed by atoms with E-state index in [1.165, 1.54) is 0 Å². The number of carbonyl (C=O) groups excluding carboxylic acids is 1. The number of carbonyl (C=O) groups is 1. The van der Waals surface area contributed by atoms with E-state index in [0.717, 1.165) is 29.5 Å². The summed E-state index contributed by atoms with van der Waals surface area (Å²) in [5.41, 5.74) is 1.55. The van der Waals surface area contributed by atoms with Crippen LogP contribution in [-0.4, -0.2) is 36.3 Å². The molecule has 0 fully saturated rings. The summed E-state index contributed by atoms with van der Waals surface area (Å²) >= 11 is 6.31. The Morgan fingerprint density at radius 1 is 1.46 bits per heavy atom. The number of amides is 1. The van der Waals surface area contributed by atoms with E-state index in [0.29, 0.717) is 37.0 Å². The molecule has 1 aliphatic rings. The molecule has 24 heavy (non-hydrogen) atoms. The zero-order chi connectivity index (χ0) is 17.1. The van der Waals surface area contributed by atoms with Gasteiger partial charge in [0.25, 0.3) is 5.91 Å². The maximum atomic E-state index is 12.6. The Bertz CT molecular complexity index is 741. The number of aromatic nitrogens is 1. The van der Waals surface area contributed by atoms with Crippen LogP contribution in [0.5, 0.6) is 5.75 Å². The zero-order valence-corrected chi connectivity index (χ0v) is 14.9. The number of hydrogen-bond acceptors (Lipinski definition) is 3. The van der Waals surface area contributed by atoms with Gasteiger partial charge in [-0.3, -0.25) is 4.79 Å². The van der Waals surface area contributed by atoms with E-state index in [9.17, 15) is 4.79 Å². The number of benzene rings is 1. The lowest BCUT2D eigenvalue weighted by Crippen LogP contribution is -2.32. The first-order valence-electron chi connectivity index (χ1n) is 8.50. The molecule has 2 aromatic rings. The fourth-order valence-corrected chi connectivity index (χ4v) is 3.24. The molecule has 3 rings (SSSR count). The van der Waals surface area contributed by atoms with E-state index in [-0.39, 0.29) is 12.0 Å². The summed E-state index contributed by atoms with van der Waals surface area (Å²) in [5, 5.41) is 4.47. The predicted octanol–water partition coefficient (Wildman–Crippen LogP) is 3.62. The second kappa shape index (κ2) is 7.45. The van der Waals surface area contributed by atoms with Gasteiger partial charge in [0.1, 0.15) is 17.5 Å². The van der Waals surface area contributed by atoms with Crippen molar-refractivity contribution in [3.8, 4) is 5.75 Å². The third-order valence-electron chi connectivity index (χ3n) is 4.29. The summed E-state index contributed by atoms with van der Waals surface area (Å²) in [5.74, 6) is 0.712. The van der Waals surface area contributed by atoms with Crippen LogP contribution in [0.15, 0.2) is 18.2 Å². The minimum Gasteiger partial charge on any atom is -0.486 e. The van der Waals surface area contributed by atoms with Crippen LogP contribution in [0.4, 0.5) is 0 Å². The number of hydrogen-bond donors (Lipinski definition) is 1. The van der Waals surface area contributed by atoms with Crippen LogP contribution in [0, 0.1) is 0 Å². The fourth-order valence-electron chi connectivity index (χ4n) is 3.03. The highest BCUT2D eigenvalue weighted by Gasteiger charge is 2.26. The average Bonchev–Trinajstić information content (AvgIpc) is 2.98. The van der Waals surface area contributed by atoms with Crippen LogP contribution < -0.4 is 10.1 Å². The molecule has 1 amide bonds. The summed E-state index contributed by atoms with van der Waals surface area (Å²) in [6.45, 7) is 6.65. The fraction of sp³-hybridized carbons (Fsp3) is 0.500. The minimum atomic E-state index is -0.0820. The van der Waals surface area contributed by atoms with Crippen molar-refractivity contribution in [3.63, 3.8) is 0 Å². The Balaban J connectivity index is 1.85. The summed E-state index contributed by atoms with van der Waals surface area (Å²) in [6, 6.07) is 5.57. The molecule has 1 aromatic carbocycles. The van der Waals surface area contributed by atoms with Crippen LogP contribution in [-0.2, 0) is 11.3 Å². The molecular weight excluding hydrogens is 328 g/mol. The van der Waals surface area contributed by atoms with Crippen molar-refractivity contribution in [1.29, 1.82) is 0 Å². The van der Waals surface area contributed by atoms with Crippen LogP contribution in [0.2, 0.25) is 5.02 Å². The van der Waals surface area contributed by atoms with E-state index >= 15 is 0 Å². The third-order valence-corrected chi connectivity index (χ3v) is 4.62. The van der Waals surface area contributed by atoms with Crippen molar-refractivity contribution in [1.82, 2.24) is 9.88 Å². The van der Waals surface area contributed by atoms with E-state index in [4.69, 9.17) is 21.1 Å². The predicted molar refractivity (Wildman–Crippen MR) is 95.1 cm³/mol. The monoisotopic (exact) mass is 350 g/mol. The van der Waals surface area contributed by atoms with Gasteiger partial charge >= 0.3 is 0 Å². The molecule has 1 atom stereocenters. The lowest BCUT2D eigenvalue weighted by atomic mass is 10.2. The maximum absolute atomic E-state index is 12.6. The molecular formula is C18H23ClN2O3. The van der Waals surface area contributed by atoms with Gasteiger partial charge in [-0.2, -0.15) is 0 Å². The lowest BCUT2D eigenvalue weighted by Gasteiger charge is -2.26. The van der Waals surface area contributed by atoms with Gasteiger partial charge in [0, 0.05) is 25.1 Å². The van der Waals surface area contributed by atoms with Gasteiger partial charge in [0.2, 0.25) is 0 Å². The largest absolute Gasteiger partial charge is 0.486 e. The molecule has 0 unspecified atom stereocenters. The van der Waals surface area contributed by atoms with E-state index in [2.05, 4.69) is 12.2 Å². The van der Waals surface area contributed by atoms with Gasteiger partial charge < -0.3 is 19.4 Å². The summed E-state index contributed by atoms with van der Waals surface area (Å²) < 4.78 is 13.3. The van der Waals surface area contributed by atoms with E-state index < -0.39 is 0 Å². The second-order valence-electron chi connectivity index (χ2n) is 5.90. The number of ether oxygens (including phenoxy) is 2. The minimum absolute atomic E-state index is 0.0683. The average molecular weight is 351 g/mol. The van der Waals surface area contributed by atoms with Gasteiger partial charge in [0.05, 0.1) is 17.1 Å². The first-order valence-corrected chi connectivity index (χ1v) is 8.87. The normalized spacial score (nSPS) is 16.2. The molecule has 0 spiro atoms. The van der Waals surface area contributed by atoms with Crippen LogP contribution >= 0.6 is 11.6 Å². The molecule has 0 bridgehead atoms. The topological polar surface area (TPSA) is 52.5 Å². The van der Waals surface area contributed by atoms with Crippen molar-refractivity contribution in [3.05, 3.63) is 28.9 Å². The maximum Gasteiger partial charge on any atom is 0.267 e. The highest BCUT2D eigenvalue weighted by atomic mass is 35.5. The molecule has 0 radical (unpaired) electrons. The highest BCUT2D eigenvalue weighted by molar-refractivity contribution is 6.36. The first kappa shape index (κ1) is 17.1. The molecule has 6 heteroatoms. The number of rotatable bonds is 7. The molecule has 1 N–H and O–H groups in total. The number of nitrogens with zero attached hydrogens (tertiary/aromatic N) is 1. The van der Waals surface area contributed by atoms with Gasteiger partial charge in [-0.1, -0.05) is 18.5 Å². The summed E-state index contributed by atoms with van der Waals surface area (Å²) in [6.07, 6.45) is 1.75. The Morgan fingerprint density at radius 3 is 3.04 bits per heavy atom.